The first kappa shape index (κ1) is 11.1. The van der Waals surface area contributed by atoms with Crippen LogP contribution in [0, 0.1) is 0 Å². The molecule has 17 heavy (non-hydrogen) atoms. The first-order valence-corrected chi connectivity index (χ1v) is 6.61. The first-order valence-electron chi connectivity index (χ1n) is 5.44. The number of aromatic nitrogens is 2. The van der Waals surface area contributed by atoms with Crippen molar-refractivity contribution in [1.82, 2.24) is 9.78 Å². The molecule has 0 amide bonds. The maximum Gasteiger partial charge on any atom is 0.141 e. The van der Waals surface area contributed by atoms with Gasteiger partial charge >= 0.3 is 0 Å². The molecule has 0 fully saturated rings. The number of nitrogens with two attached hydrogens (primary N) is 1. The number of hydrogen-bond donors (Lipinski definition) is 1. The minimum absolute atomic E-state index is 0.204. The third kappa shape index (κ3) is 1.67. The van der Waals surface area contributed by atoms with Gasteiger partial charge < -0.3 is 5.73 Å². The summed E-state index contributed by atoms with van der Waals surface area (Å²) in [7, 11) is 0. The maximum atomic E-state index is 5.95. The van der Waals surface area contributed by atoms with Crippen LogP contribution in [0.5, 0.6) is 0 Å². The monoisotopic (exact) mass is 311 g/mol. The van der Waals surface area contributed by atoms with Crippen molar-refractivity contribution < 1.29 is 0 Å². The van der Waals surface area contributed by atoms with Crippen LogP contribution in [-0.2, 0) is 6.42 Å². The van der Waals surface area contributed by atoms with Gasteiger partial charge in [0.2, 0.25) is 0 Å². The topological polar surface area (TPSA) is 43.8 Å². The maximum absolute atomic E-state index is 5.95. The summed E-state index contributed by atoms with van der Waals surface area (Å²) >= 11 is 9.53. The molecule has 2 N–H and O–H groups in total. The van der Waals surface area contributed by atoms with Crippen molar-refractivity contribution in [2.45, 2.75) is 18.9 Å². The molecule has 3 rings (SSSR count). The van der Waals surface area contributed by atoms with Crippen molar-refractivity contribution in [3.05, 3.63) is 45.0 Å². The highest BCUT2D eigenvalue weighted by Crippen LogP contribution is 2.39. The molecule has 1 aromatic carbocycles. The largest absolute Gasteiger partial charge is 0.383 e. The minimum Gasteiger partial charge on any atom is -0.383 e. The normalized spacial score (nSPS) is 18.4. The predicted molar refractivity (Wildman–Crippen MR) is 72.3 cm³/mol. The lowest BCUT2D eigenvalue weighted by molar-refractivity contribution is 0.528. The van der Waals surface area contributed by atoms with E-state index >= 15 is 0 Å². The van der Waals surface area contributed by atoms with Gasteiger partial charge in [-0.05, 0) is 30.0 Å². The van der Waals surface area contributed by atoms with E-state index < -0.39 is 0 Å². The molecule has 1 heterocycles. The fourth-order valence-electron chi connectivity index (χ4n) is 2.44. The van der Waals surface area contributed by atoms with Crippen LogP contribution < -0.4 is 5.73 Å². The van der Waals surface area contributed by atoms with Crippen molar-refractivity contribution in [3.63, 3.8) is 0 Å². The zero-order valence-electron chi connectivity index (χ0n) is 9.03. The Morgan fingerprint density at radius 1 is 1.47 bits per heavy atom. The van der Waals surface area contributed by atoms with Crippen molar-refractivity contribution in [3.8, 4) is 0 Å². The van der Waals surface area contributed by atoms with Crippen LogP contribution in [0.4, 0.5) is 5.82 Å². The lowest BCUT2D eigenvalue weighted by atomic mass is 10.1. The number of anilines is 1. The molecule has 0 spiro atoms. The minimum atomic E-state index is 0.204. The van der Waals surface area contributed by atoms with Gasteiger partial charge in [-0.3, -0.25) is 0 Å². The summed E-state index contributed by atoms with van der Waals surface area (Å²) in [5, 5.41) is 4.79. The van der Waals surface area contributed by atoms with Gasteiger partial charge in [0.1, 0.15) is 10.8 Å². The van der Waals surface area contributed by atoms with Gasteiger partial charge in [0.15, 0.2) is 0 Å². The van der Waals surface area contributed by atoms with Crippen molar-refractivity contribution in [1.29, 1.82) is 0 Å². The molecule has 1 aromatic heterocycles. The van der Waals surface area contributed by atoms with Crippen LogP contribution in [0.15, 0.2) is 28.9 Å². The Bertz CT molecular complexity index is 579. The van der Waals surface area contributed by atoms with E-state index in [1.165, 1.54) is 11.1 Å². The summed E-state index contributed by atoms with van der Waals surface area (Å²) in [6, 6.07) is 6.45. The molecule has 1 unspecified atom stereocenters. The molecule has 0 saturated carbocycles. The summed E-state index contributed by atoms with van der Waals surface area (Å²) in [5.74, 6) is 0.546. The second-order valence-corrected chi connectivity index (χ2v) is 5.45. The van der Waals surface area contributed by atoms with E-state index in [-0.39, 0.29) is 6.04 Å². The number of benzene rings is 1. The van der Waals surface area contributed by atoms with Crippen LogP contribution in [0.3, 0.4) is 0 Å². The molecule has 0 saturated heterocycles. The van der Waals surface area contributed by atoms with Gasteiger partial charge in [-0.15, -0.1) is 0 Å². The van der Waals surface area contributed by atoms with Gasteiger partial charge in [0.25, 0.3) is 0 Å². The summed E-state index contributed by atoms with van der Waals surface area (Å²) in [6.45, 7) is 0. The van der Waals surface area contributed by atoms with Crippen LogP contribution in [-0.4, -0.2) is 9.78 Å². The quantitative estimate of drug-likeness (QED) is 0.877. The molecule has 1 atom stereocenters. The Hall–Kier alpha value is -1.00. The highest BCUT2D eigenvalue weighted by atomic mass is 79.9. The smallest absolute Gasteiger partial charge is 0.141 e. The first-order chi connectivity index (χ1) is 8.18. The van der Waals surface area contributed by atoms with Gasteiger partial charge in [-0.25, -0.2) is 4.68 Å². The Morgan fingerprint density at radius 2 is 2.29 bits per heavy atom. The Morgan fingerprint density at radius 3 is 3.00 bits per heavy atom. The van der Waals surface area contributed by atoms with E-state index in [1.807, 2.05) is 10.7 Å². The lowest BCUT2D eigenvalue weighted by Gasteiger charge is -2.14. The summed E-state index contributed by atoms with van der Waals surface area (Å²) in [5.41, 5.74) is 8.57. The van der Waals surface area contributed by atoms with Crippen LogP contribution >= 0.6 is 27.5 Å². The molecule has 0 radical (unpaired) electrons. The fraction of sp³-hybridized carbons (Fsp3) is 0.250. The molecule has 88 valence electrons. The number of nitrogens with zero attached hydrogens (tertiary/aromatic N) is 2. The number of fused-ring (bicyclic) bond motifs is 1. The zero-order chi connectivity index (χ0) is 12.0. The van der Waals surface area contributed by atoms with E-state index in [9.17, 15) is 0 Å². The van der Waals surface area contributed by atoms with Crippen LogP contribution in [0.1, 0.15) is 23.6 Å². The Balaban J connectivity index is 2.10. The average Bonchev–Trinajstić information content (AvgIpc) is 2.86. The van der Waals surface area contributed by atoms with Gasteiger partial charge in [-0.2, -0.15) is 5.10 Å². The molecular weight excluding hydrogens is 302 g/mol. The van der Waals surface area contributed by atoms with E-state index in [4.69, 9.17) is 17.3 Å². The Labute approximate surface area is 113 Å². The molecule has 1 aliphatic carbocycles. The zero-order valence-corrected chi connectivity index (χ0v) is 11.4. The fourth-order valence-corrected chi connectivity index (χ4v) is 3.15. The van der Waals surface area contributed by atoms with E-state index in [0.717, 1.165) is 17.3 Å². The molecule has 0 aliphatic heterocycles. The van der Waals surface area contributed by atoms with Crippen LogP contribution in [0.25, 0.3) is 0 Å². The number of nitrogen functional groups attached to an aromatic ring is 1. The third-order valence-electron chi connectivity index (χ3n) is 3.26. The summed E-state index contributed by atoms with van der Waals surface area (Å²) in [4.78, 5) is 0. The van der Waals surface area contributed by atoms with Crippen LogP contribution in [0.2, 0.25) is 5.02 Å². The second kappa shape index (κ2) is 4.03. The van der Waals surface area contributed by atoms with E-state index in [1.54, 1.807) is 6.20 Å². The average molecular weight is 313 g/mol. The van der Waals surface area contributed by atoms with Crippen molar-refractivity contribution in [2.24, 2.45) is 0 Å². The molecule has 5 heteroatoms. The SMILES string of the molecule is Nc1c(Cl)cnn1C1CCc2c(Br)cccc21. The molecule has 1 aliphatic rings. The highest BCUT2D eigenvalue weighted by Gasteiger charge is 2.27. The molecule has 2 aromatic rings. The summed E-state index contributed by atoms with van der Waals surface area (Å²) in [6.07, 6.45) is 3.66. The second-order valence-electron chi connectivity index (χ2n) is 4.18. The predicted octanol–water partition coefficient (Wildman–Crippen LogP) is 3.42. The van der Waals surface area contributed by atoms with Gasteiger partial charge in [-0.1, -0.05) is 39.7 Å². The lowest BCUT2D eigenvalue weighted by Crippen LogP contribution is -2.11. The highest BCUT2D eigenvalue weighted by molar-refractivity contribution is 9.10. The van der Waals surface area contributed by atoms with Gasteiger partial charge in [0, 0.05) is 4.47 Å². The van der Waals surface area contributed by atoms with E-state index in [0.29, 0.717) is 10.8 Å². The number of hydrogen-bond acceptors (Lipinski definition) is 2. The standard InChI is InChI=1S/C12H11BrClN3/c13-9-3-1-2-8-7(9)4-5-11(8)17-12(15)10(14)6-16-17/h1-3,6,11H,4-5,15H2. The third-order valence-corrected chi connectivity index (χ3v) is 4.30. The van der Waals surface area contributed by atoms with Crippen molar-refractivity contribution in [2.75, 3.05) is 5.73 Å². The van der Waals surface area contributed by atoms with Crippen molar-refractivity contribution >= 4 is 33.3 Å². The Kier molecular flexibility index (Phi) is 2.64. The van der Waals surface area contributed by atoms with E-state index in [2.05, 4.69) is 33.2 Å². The number of halogens is 2. The summed E-state index contributed by atoms with van der Waals surface area (Å²) < 4.78 is 2.98. The van der Waals surface area contributed by atoms with Gasteiger partial charge in [0.05, 0.1) is 12.2 Å². The molecule has 3 nitrogen and oxygen atoms in total. The number of rotatable bonds is 1. The molecule has 0 bridgehead atoms. The molecular formula is C12H11BrClN3.